The molecule has 1 saturated heterocycles. The second-order valence-electron chi connectivity index (χ2n) is 7.24. The summed E-state index contributed by atoms with van der Waals surface area (Å²) in [5, 5.41) is 3.91. The van der Waals surface area contributed by atoms with Gasteiger partial charge in [-0.25, -0.2) is 4.98 Å². The number of aromatic nitrogens is 2. The summed E-state index contributed by atoms with van der Waals surface area (Å²) in [6.45, 7) is 3.99. The minimum Gasteiger partial charge on any atom is -0.352 e. The van der Waals surface area contributed by atoms with Gasteiger partial charge in [-0.2, -0.15) is 0 Å². The number of rotatable bonds is 5. The van der Waals surface area contributed by atoms with Crippen molar-refractivity contribution in [3.05, 3.63) is 70.0 Å². The molecule has 5 heteroatoms. The maximum Gasteiger partial charge on any atom is 0.260 e. The highest BCUT2D eigenvalue weighted by molar-refractivity contribution is 5.78. The van der Waals surface area contributed by atoms with E-state index >= 15 is 0 Å². The van der Waals surface area contributed by atoms with E-state index in [4.69, 9.17) is 0 Å². The van der Waals surface area contributed by atoms with Gasteiger partial charge < -0.3 is 5.32 Å². The van der Waals surface area contributed by atoms with Gasteiger partial charge in [0, 0.05) is 13.1 Å². The molecule has 0 atom stereocenters. The van der Waals surface area contributed by atoms with Gasteiger partial charge in [0.25, 0.3) is 5.56 Å². The Bertz CT molecular complexity index is 958. The molecular weight excluding hydrogens is 336 g/mol. The molecule has 140 valence electrons. The number of hydrogen-bond donors (Lipinski definition) is 2. The fourth-order valence-corrected chi connectivity index (χ4v) is 3.77. The quantitative estimate of drug-likeness (QED) is 0.722. The van der Waals surface area contributed by atoms with Crippen LogP contribution in [0.4, 0.5) is 5.95 Å². The molecule has 0 radical (unpaired) electrons. The Kier molecular flexibility index (Phi) is 5.49. The summed E-state index contributed by atoms with van der Waals surface area (Å²) in [5.41, 5.74) is 3.19. The lowest BCUT2D eigenvalue weighted by molar-refractivity contribution is 0.276. The molecule has 2 heterocycles. The van der Waals surface area contributed by atoms with Crippen molar-refractivity contribution in [2.24, 2.45) is 0 Å². The summed E-state index contributed by atoms with van der Waals surface area (Å²) in [6.07, 6.45) is 5.28. The molecule has 4 rings (SSSR count). The van der Waals surface area contributed by atoms with E-state index in [0.717, 1.165) is 6.54 Å². The molecule has 1 aliphatic rings. The van der Waals surface area contributed by atoms with Crippen LogP contribution in [0.3, 0.4) is 0 Å². The number of anilines is 1. The summed E-state index contributed by atoms with van der Waals surface area (Å²) >= 11 is 0. The van der Waals surface area contributed by atoms with E-state index in [1.165, 1.54) is 49.9 Å². The Hall–Kier alpha value is -2.66. The van der Waals surface area contributed by atoms with Gasteiger partial charge in [-0.15, -0.1) is 0 Å². The molecule has 1 aliphatic heterocycles. The zero-order valence-electron chi connectivity index (χ0n) is 15.6. The van der Waals surface area contributed by atoms with Crippen molar-refractivity contribution in [3.63, 3.8) is 0 Å². The number of H-pyrrole nitrogens is 1. The van der Waals surface area contributed by atoms with E-state index in [-0.39, 0.29) is 5.56 Å². The summed E-state index contributed by atoms with van der Waals surface area (Å²) in [6, 6.07) is 15.9. The maximum absolute atomic E-state index is 12.2. The smallest absolute Gasteiger partial charge is 0.260 e. The van der Waals surface area contributed by atoms with Crippen LogP contribution in [-0.2, 0) is 13.1 Å². The van der Waals surface area contributed by atoms with Gasteiger partial charge in [-0.1, -0.05) is 49.2 Å². The van der Waals surface area contributed by atoms with Crippen molar-refractivity contribution in [1.29, 1.82) is 0 Å². The highest BCUT2D eigenvalue weighted by atomic mass is 16.1. The molecule has 1 fully saturated rings. The van der Waals surface area contributed by atoms with E-state index in [1.54, 1.807) is 6.07 Å². The van der Waals surface area contributed by atoms with E-state index in [0.29, 0.717) is 23.4 Å². The molecule has 0 unspecified atom stereocenters. The van der Waals surface area contributed by atoms with Crippen LogP contribution >= 0.6 is 0 Å². The lowest BCUT2D eigenvalue weighted by atomic mass is 10.1. The molecule has 0 bridgehead atoms. The fourth-order valence-electron chi connectivity index (χ4n) is 3.77. The normalized spacial score (nSPS) is 15.6. The van der Waals surface area contributed by atoms with Crippen molar-refractivity contribution in [3.8, 4) is 0 Å². The third-order valence-electron chi connectivity index (χ3n) is 5.27. The molecule has 0 spiro atoms. The maximum atomic E-state index is 12.2. The van der Waals surface area contributed by atoms with E-state index < -0.39 is 0 Å². The predicted octanol–water partition coefficient (Wildman–Crippen LogP) is 3.91. The van der Waals surface area contributed by atoms with Crippen LogP contribution in [0.15, 0.2) is 53.3 Å². The average molecular weight is 362 g/mol. The number of benzene rings is 2. The van der Waals surface area contributed by atoms with Gasteiger partial charge in [0.2, 0.25) is 5.95 Å². The van der Waals surface area contributed by atoms with Gasteiger partial charge in [-0.3, -0.25) is 14.7 Å². The number of para-hydroxylation sites is 1. The molecule has 2 aromatic carbocycles. The predicted molar refractivity (Wildman–Crippen MR) is 110 cm³/mol. The third-order valence-corrected chi connectivity index (χ3v) is 5.27. The Morgan fingerprint density at radius 3 is 2.44 bits per heavy atom. The van der Waals surface area contributed by atoms with Gasteiger partial charge in [0.05, 0.1) is 10.9 Å². The molecule has 0 aliphatic carbocycles. The molecule has 1 aromatic heterocycles. The molecular formula is C22H26N4O. The molecule has 27 heavy (non-hydrogen) atoms. The van der Waals surface area contributed by atoms with Gasteiger partial charge in [-0.05, 0) is 49.2 Å². The summed E-state index contributed by atoms with van der Waals surface area (Å²) in [4.78, 5) is 22.2. The monoisotopic (exact) mass is 362 g/mol. The number of nitrogens with one attached hydrogen (secondary N) is 2. The van der Waals surface area contributed by atoms with Gasteiger partial charge in [0.1, 0.15) is 0 Å². The largest absolute Gasteiger partial charge is 0.352 e. The Morgan fingerprint density at radius 2 is 1.63 bits per heavy atom. The van der Waals surface area contributed by atoms with Crippen LogP contribution in [0, 0.1) is 0 Å². The summed E-state index contributed by atoms with van der Waals surface area (Å²) in [7, 11) is 0. The van der Waals surface area contributed by atoms with Crippen molar-refractivity contribution in [2.75, 3.05) is 18.4 Å². The molecule has 3 aromatic rings. The van der Waals surface area contributed by atoms with Gasteiger partial charge >= 0.3 is 0 Å². The van der Waals surface area contributed by atoms with Crippen molar-refractivity contribution in [2.45, 2.75) is 38.8 Å². The SMILES string of the molecule is O=c1[nH]c(NCc2ccccc2CN2CCCCCC2)nc2ccccc12. The summed E-state index contributed by atoms with van der Waals surface area (Å²) in [5.74, 6) is 0.517. The average Bonchev–Trinajstić information content (AvgIpc) is 2.96. The topological polar surface area (TPSA) is 61.0 Å². The Morgan fingerprint density at radius 1 is 0.926 bits per heavy atom. The van der Waals surface area contributed by atoms with E-state index in [9.17, 15) is 4.79 Å². The summed E-state index contributed by atoms with van der Waals surface area (Å²) < 4.78 is 0. The number of fused-ring (bicyclic) bond motifs is 1. The van der Waals surface area contributed by atoms with Crippen LogP contribution in [-0.4, -0.2) is 28.0 Å². The first kappa shape index (κ1) is 17.7. The molecule has 0 saturated carbocycles. The second-order valence-corrected chi connectivity index (χ2v) is 7.24. The van der Waals surface area contributed by atoms with Crippen LogP contribution in [0.25, 0.3) is 10.9 Å². The highest BCUT2D eigenvalue weighted by Crippen LogP contribution is 2.17. The van der Waals surface area contributed by atoms with E-state index in [2.05, 4.69) is 44.5 Å². The van der Waals surface area contributed by atoms with Crippen molar-refractivity contribution in [1.82, 2.24) is 14.9 Å². The number of aromatic amines is 1. The van der Waals surface area contributed by atoms with E-state index in [1.807, 2.05) is 18.2 Å². The number of likely N-dealkylation sites (tertiary alicyclic amines) is 1. The Labute approximate surface area is 159 Å². The molecule has 0 amide bonds. The lowest BCUT2D eigenvalue weighted by Crippen LogP contribution is -2.25. The third kappa shape index (κ3) is 4.37. The first-order chi connectivity index (χ1) is 13.3. The van der Waals surface area contributed by atoms with Gasteiger partial charge in [0.15, 0.2) is 0 Å². The second kappa shape index (κ2) is 8.35. The highest BCUT2D eigenvalue weighted by Gasteiger charge is 2.12. The van der Waals surface area contributed by atoms with Crippen LogP contribution in [0.5, 0.6) is 0 Å². The first-order valence-electron chi connectivity index (χ1n) is 9.82. The lowest BCUT2D eigenvalue weighted by Gasteiger charge is -2.21. The van der Waals surface area contributed by atoms with Crippen molar-refractivity contribution >= 4 is 16.9 Å². The van der Waals surface area contributed by atoms with Crippen LogP contribution in [0.2, 0.25) is 0 Å². The first-order valence-corrected chi connectivity index (χ1v) is 9.82. The van der Waals surface area contributed by atoms with Crippen LogP contribution < -0.4 is 10.9 Å². The minimum absolute atomic E-state index is 0.110. The molecule has 5 nitrogen and oxygen atoms in total. The fraction of sp³-hybridized carbons (Fsp3) is 0.364. The van der Waals surface area contributed by atoms with Crippen LogP contribution in [0.1, 0.15) is 36.8 Å². The number of nitrogens with zero attached hydrogens (tertiary/aromatic N) is 2. The Balaban J connectivity index is 1.49. The zero-order valence-corrected chi connectivity index (χ0v) is 15.6. The molecule has 2 N–H and O–H groups in total. The standard InChI is InChI=1S/C22H26N4O/c27-21-19-11-5-6-12-20(19)24-22(25-21)23-15-17-9-3-4-10-18(17)16-26-13-7-1-2-8-14-26/h3-6,9-12H,1-2,7-8,13-16H2,(H2,23,24,25,27). The zero-order chi connectivity index (χ0) is 18.5. The van der Waals surface area contributed by atoms with Crippen molar-refractivity contribution < 1.29 is 0 Å². The minimum atomic E-state index is -0.110. The number of hydrogen-bond acceptors (Lipinski definition) is 4.